The zero-order chi connectivity index (χ0) is 24.5. The van der Waals surface area contributed by atoms with Crippen molar-refractivity contribution in [3.8, 4) is 11.3 Å². The molecule has 0 radical (unpaired) electrons. The van der Waals surface area contributed by atoms with E-state index in [9.17, 15) is 4.79 Å². The predicted molar refractivity (Wildman–Crippen MR) is 143 cm³/mol. The van der Waals surface area contributed by atoms with Crippen molar-refractivity contribution in [2.24, 2.45) is 0 Å². The van der Waals surface area contributed by atoms with Crippen molar-refractivity contribution in [1.29, 1.82) is 0 Å². The van der Waals surface area contributed by atoms with E-state index in [0.29, 0.717) is 17.9 Å². The number of methoxy groups -OCH3 is 1. The first-order valence-electron chi connectivity index (χ1n) is 12.5. The molecule has 0 amide bonds. The molecule has 0 N–H and O–H groups in total. The van der Waals surface area contributed by atoms with Crippen LogP contribution < -0.4 is 0 Å². The quantitative estimate of drug-likeness (QED) is 0.239. The number of hydrogen-bond acceptors (Lipinski definition) is 3. The first-order chi connectivity index (χ1) is 17.7. The molecule has 0 spiro atoms. The summed E-state index contributed by atoms with van der Waals surface area (Å²) in [5.41, 5.74) is 8.43. The summed E-state index contributed by atoms with van der Waals surface area (Å²) in [6.07, 6.45) is 4.85. The van der Waals surface area contributed by atoms with Crippen molar-refractivity contribution in [1.82, 2.24) is 9.55 Å². The van der Waals surface area contributed by atoms with Crippen LogP contribution in [0, 0.1) is 0 Å². The summed E-state index contributed by atoms with van der Waals surface area (Å²) in [5.74, 6) is 0.216. The van der Waals surface area contributed by atoms with Crippen LogP contribution in [0.5, 0.6) is 0 Å². The third-order valence-electron chi connectivity index (χ3n) is 7.04. The lowest BCUT2D eigenvalue weighted by Crippen LogP contribution is -2.09. The van der Waals surface area contributed by atoms with E-state index >= 15 is 0 Å². The minimum Gasteiger partial charge on any atom is -0.465 e. The zero-order valence-electron chi connectivity index (χ0n) is 20.4. The molecule has 1 saturated carbocycles. The topological polar surface area (TPSA) is 44.1 Å². The van der Waals surface area contributed by atoms with Gasteiger partial charge in [0.2, 0.25) is 0 Å². The number of fused-ring (bicyclic) bond motifs is 1. The van der Waals surface area contributed by atoms with Gasteiger partial charge in [0.05, 0.1) is 18.4 Å². The first-order valence-corrected chi connectivity index (χ1v) is 12.5. The second-order valence-corrected chi connectivity index (χ2v) is 9.57. The summed E-state index contributed by atoms with van der Waals surface area (Å²) in [6, 6.07) is 31.9. The van der Waals surface area contributed by atoms with Crippen molar-refractivity contribution < 1.29 is 9.53 Å². The molecule has 5 aromatic rings. The predicted octanol–water partition coefficient (Wildman–Crippen LogP) is 7.01. The fraction of sp³-hybridized carbons (Fsp3) is 0.188. The number of esters is 1. The van der Waals surface area contributed by atoms with Crippen LogP contribution in [0.1, 0.15) is 51.5 Å². The van der Waals surface area contributed by atoms with Crippen LogP contribution in [0.15, 0.2) is 97.2 Å². The van der Waals surface area contributed by atoms with Crippen molar-refractivity contribution in [2.75, 3.05) is 7.11 Å². The molecule has 6 rings (SSSR count). The number of benzene rings is 3. The number of ether oxygens (including phenoxy) is 1. The van der Waals surface area contributed by atoms with Crippen LogP contribution in [0.3, 0.4) is 0 Å². The Morgan fingerprint density at radius 1 is 0.917 bits per heavy atom. The molecule has 1 aliphatic rings. The molecule has 2 heterocycles. The fourth-order valence-corrected chi connectivity index (χ4v) is 4.98. The Kier molecular flexibility index (Phi) is 5.86. The molecule has 4 nitrogen and oxygen atoms in total. The molecule has 1 fully saturated rings. The van der Waals surface area contributed by atoms with Crippen molar-refractivity contribution >= 4 is 16.9 Å². The van der Waals surface area contributed by atoms with E-state index in [4.69, 9.17) is 9.72 Å². The number of carbonyl (C=O) groups excluding carboxylic acids is 1. The second kappa shape index (κ2) is 9.46. The molecule has 36 heavy (non-hydrogen) atoms. The molecule has 0 aliphatic heterocycles. The number of carbonyl (C=O) groups is 1. The summed E-state index contributed by atoms with van der Waals surface area (Å²) in [4.78, 5) is 17.2. The van der Waals surface area contributed by atoms with Gasteiger partial charge in [-0.05, 0) is 65.3 Å². The highest BCUT2D eigenvalue weighted by Crippen LogP contribution is 2.40. The maximum Gasteiger partial charge on any atom is 0.339 e. The molecule has 0 bridgehead atoms. The number of rotatable bonds is 7. The van der Waals surface area contributed by atoms with Gasteiger partial charge in [-0.1, -0.05) is 66.7 Å². The van der Waals surface area contributed by atoms with Gasteiger partial charge in [0.15, 0.2) is 0 Å². The van der Waals surface area contributed by atoms with Gasteiger partial charge in [-0.25, -0.2) is 4.79 Å². The molecular weight excluding hydrogens is 444 g/mol. The largest absolute Gasteiger partial charge is 0.465 e. The Hall–Kier alpha value is -4.18. The Balaban J connectivity index is 1.40. The number of nitrogens with zero attached hydrogens (tertiary/aromatic N) is 2. The summed E-state index contributed by atoms with van der Waals surface area (Å²) >= 11 is 0. The smallest absolute Gasteiger partial charge is 0.339 e. The van der Waals surface area contributed by atoms with Gasteiger partial charge in [0.25, 0.3) is 0 Å². The average Bonchev–Trinajstić information content (AvgIpc) is 3.72. The molecule has 0 unspecified atom stereocenters. The van der Waals surface area contributed by atoms with Gasteiger partial charge in [0.1, 0.15) is 0 Å². The van der Waals surface area contributed by atoms with Gasteiger partial charge in [-0.15, -0.1) is 0 Å². The Morgan fingerprint density at radius 2 is 1.67 bits per heavy atom. The summed E-state index contributed by atoms with van der Waals surface area (Å²) in [7, 11) is 1.43. The van der Waals surface area contributed by atoms with E-state index in [0.717, 1.165) is 23.4 Å². The van der Waals surface area contributed by atoms with Gasteiger partial charge >= 0.3 is 5.97 Å². The highest BCUT2D eigenvalue weighted by Gasteiger charge is 2.26. The van der Waals surface area contributed by atoms with E-state index in [1.165, 1.54) is 47.7 Å². The number of hydrogen-bond donors (Lipinski definition) is 0. The minimum atomic E-state index is -0.318. The minimum absolute atomic E-state index is 0.318. The van der Waals surface area contributed by atoms with Crippen LogP contribution >= 0.6 is 0 Å². The lowest BCUT2D eigenvalue weighted by atomic mass is 10.0. The molecule has 0 atom stereocenters. The monoisotopic (exact) mass is 472 g/mol. The van der Waals surface area contributed by atoms with Crippen LogP contribution in [0.4, 0.5) is 0 Å². The van der Waals surface area contributed by atoms with Crippen molar-refractivity contribution in [2.45, 2.75) is 31.7 Å². The van der Waals surface area contributed by atoms with Gasteiger partial charge in [-0.2, -0.15) is 0 Å². The molecule has 2 aromatic heterocycles. The van der Waals surface area contributed by atoms with E-state index in [1.54, 1.807) is 0 Å². The lowest BCUT2D eigenvalue weighted by Gasteiger charge is -2.12. The second-order valence-electron chi connectivity index (χ2n) is 9.57. The summed E-state index contributed by atoms with van der Waals surface area (Å²) in [5, 5.41) is 1.18. The van der Waals surface area contributed by atoms with Gasteiger partial charge < -0.3 is 9.30 Å². The molecular formula is C32H28N2O2. The van der Waals surface area contributed by atoms with Crippen molar-refractivity contribution in [3.63, 3.8) is 0 Å². The third kappa shape index (κ3) is 4.42. The molecule has 178 valence electrons. The van der Waals surface area contributed by atoms with Crippen LogP contribution in [-0.2, 0) is 17.7 Å². The maximum atomic E-state index is 12.5. The van der Waals surface area contributed by atoms with Crippen molar-refractivity contribution in [3.05, 3.63) is 125 Å². The summed E-state index contributed by atoms with van der Waals surface area (Å²) < 4.78 is 7.46. The van der Waals surface area contributed by atoms with E-state index in [-0.39, 0.29) is 5.97 Å². The zero-order valence-corrected chi connectivity index (χ0v) is 20.4. The average molecular weight is 473 g/mol. The molecule has 3 aromatic carbocycles. The fourth-order valence-electron chi connectivity index (χ4n) is 4.98. The SMILES string of the molecule is COC(=O)c1cc(C2CC2)cnc1Cc1ccc2c(c1)cc(-c1ccccc1)n2Cc1ccccc1. The molecule has 0 saturated heterocycles. The standard InChI is InChI=1S/C32H28N2O2/c1-36-32(35)28-18-27(24-13-14-24)20-33-29(28)17-23-12-15-30-26(16-23)19-31(25-10-6-3-7-11-25)34(30)21-22-8-4-2-5-9-22/h2-12,15-16,18-20,24H,13-14,17,21H2,1H3. The van der Waals surface area contributed by atoms with Crippen LogP contribution in [-0.4, -0.2) is 22.6 Å². The number of aromatic nitrogens is 2. The first kappa shape index (κ1) is 22.3. The third-order valence-corrected chi connectivity index (χ3v) is 7.04. The van der Waals surface area contributed by atoms with E-state index in [2.05, 4.69) is 83.4 Å². The number of pyridine rings is 1. The summed E-state index contributed by atoms with van der Waals surface area (Å²) in [6.45, 7) is 0.796. The van der Waals surface area contributed by atoms with Gasteiger partial charge in [0, 0.05) is 35.8 Å². The molecule has 4 heteroatoms. The normalized spacial score (nSPS) is 13.1. The van der Waals surface area contributed by atoms with E-state index in [1.807, 2.05) is 18.3 Å². The van der Waals surface area contributed by atoms with E-state index < -0.39 is 0 Å². The Morgan fingerprint density at radius 3 is 2.39 bits per heavy atom. The highest BCUT2D eigenvalue weighted by atomic mass is 16.5. The Labute approximate surface area is 211 Å². The van der Waals surface area contributed by atoms with Crippen LogP contribution in [0.25, 0.3) is 22.2 Å². The van der Waals surface area contributed by atoms with Crippen LogP contribution in [0.2, 0.25) is 0 Å². The Bertz CT molecular complexity index is 1530. The molecule has 1 aliphatic carbocycles. The highest BCUT2D eigenvalue weighted by molar-refractivity contribution is 5.91. The maximum absolute atomic E-state index is 12.5. The van der Waals surface area contributed by atoms with Gasteiger partial charge in [-0.3, -0.25) is 4.98 Å². The lowest BCUT2D eigenvalue weighted by molar-refractivity contribution is 0.0599.